The van der Waals surface area contributed by atoms with Crippen molar-refractivity contribution in [1.29, 1.82) is 0 Å². The second-order valence-corrected chi connectivity index (χ2v) is 4.24. The molecule has 0 radical (unpaired) electrons. The molecular formula is C13H13N5O. The van der Waals surface area contributed by atoms with Gasteiger partial charge in [-0.3, -0.25) is 4.40 Å². The minimum Gasteiger partial charge on any atom is -0.497 e. The number of nitrogens with zero attached hydrogens (tertiary/aromatic N) is 4. The zero-order valence-electron chi connectivity index (χ0n) is 10.7. The molecule has 0 spiro atoms. The van der Waals surface area contributed by atoms with E-state index in [0.717, 1.165) is 22.7 Å². The maximum atomic E-state index is 6.00. The molecule has 0 bridgehead atoms. The predicted molar refractivity (Wildman–Crippen MR) is 71.9 cm³/mol. The average molecular weight is 255 g/mol. The van der Waals surface area contributed by atoms with Gasteiger partial charge in [-0.05, 0) is 25.1 Å². The Hall–Kier alpha value is -2.63. The monoisotopic (exact) mass is 255 g/mol. The topological polar surface area (TPSA) is 78.3 Å². The first-order valence-corrected chi connectivity index (χ1v) is 5.80. The number of anilines is 1. The maximum absolute atomic E-state index is 6.00. The molecule has 0 unspecified atom stereocenters. The van der Waals surface area contributed by atoms with Gasteiger partial charge in [0.15, 0.2) is 11.5 Å². The highest BCUT2D eigenvalue weighted by molar-refractivity contribution is 5.74. The van der Waals surface area contributed by atoms with E-state index in [4.69, 9.17) is 10.5 Å². The third-order valence-corrected chi connectivity index (χ3v) is 2.94. The lowest BCUT2D eigenvalue weighted by molar-refractivity contribution is 0.415. The van der Waals surface area contributed by atoms with Crippen LogP contribution in [0.4, 0.5) is 5.69 Å². The fraction of sp³-hybridized carbons (Fsp3) is 0.154. The van der Waals surface area contributed by atoms with Crippen LogP contribution in [0.1, 0.15) is 5.69 Å². The molecule has 1 aromatic carbocycles. The van der Waals surface area contributed by atoms with Gasteiger partial charge in [-0.15, -0.1) is 10.2 Å². The number of ether oxygens (including phenoxy) is 1. The highest BCUT2D eigenvalue weighted by Gasteiger charge is 2.12. The van der Waals surface area contributed by atoms with Crippen molar-refractivity contribution in [3.05, 3.63) is 36.3 Å². The van der Waals surface area contributed by atoms with Crippen LogP contribution in [-0.4, -0.2) is 26.7 Å². The zero-order valence-corrected chi connectivity index (χ0v) is 10.7. The second kappa shape index (κ2) is 4.24. The van der Waals surface area contributed by atoms with Gasteiger partial charge in [0.25, 0.3) is 0 Å². The van der Waals surface area contributed by atoms with Crippen molar-refractivity contribution >= 4 is 11.3 Å². The summed E-state index contributed by atoms with van der Waals surface area (Å²) in [6.07, 6.45) is 1.69. The molecule has 0 aliphatic heterocycles. The molecule has 0 fully saturated rings. The number of aryl methyl sites for hydroxylation is 1. The molecule has 0 saturated heterocycles. The Morgan fingerprint density at radius 1 is 1.21 bits per heavy atom. The lowest BCUT2D eigenvalue weighted by Gasteiger charge is -2.06. The molecule has 2 N–H and O–H groups in total. The average Bonchev–Trinajstić information content (AvgIpc) is 2.82. The van der Waals surface area contributed by atoms with E-state index in [1.54, 1.807) is 23.9 Å². The second-order valence-electron chi connectivity index (χ2n) is 4.24. The first-order valence-electron chi connectivity index (χ1n) is 5.80. The van der Waals surface area contributed by atoms with E-state index in [2.05, 4.69) is 15.2 Å². The van der Waals surface area contributed by atoms with Crippen molar-refractivity contribution in [1.82, 2.24) is 19.6 Å². The SMILES string of the molecule is COc1ccc(N)c(-c2nnc3cc(C)ncn23)c1. The minimum atomic E-state index is 0.621. The number of fused-ring (bicyclic) bond motifs is 1. The highest BCUT2D eigenvalue weighted by atomic mass is 16.5. The van der Waals surface area contributed by atoms with Gasteiger partial charge < -0.3 is 10.5 Å². The summed E-state index contributed by atoms with van der Waals surface area (Å²) in [5.41, 5.74) is 9.03. The summed E-state index contributed by atoms with van der Waals surface area (Å²) in [4.78, 5) is 4.25. The van der Waals surface area contributed by atoms with E-state index < -0.39 is 0 Å². The van der Waals surface area contributed by atoms with Gasteiger partial charge in [-0.25, -0.2) is 4.98 Å². The molecule has 0 amide bonds. The molecule has 3 aromatic rings. The summed E-state index contributed by atoms with van der Waals surface area (Å²) in [7, 11) is 1.61. The first-order chi connectivity index (χ1) is 9.19. The number of rotatable bonds is 2. The molecule has 2 heterocycles. The summed E-state index contributed by atoms with van der Waals surface area (Å²) in [5.74, 6) is 1.37. The van der Waals surface area contributed by atoms with Crippen molar-refractivity contribution in [3.63, 3.8) is 0 Å². The van der Waals surface area contributed by atoms with E-state index in [0.29, 0.717) is 11.5 Å². The van der Waals surface area contributed by atoms with Crippen LogP contribution in [-0.2, 0) is 0 Å². The largest absolute Gasteiger partial charge is 0.497 e. The number of nitrogen functional groups attached to an aromatic ring is 1. The molecule has 0 aliphatic carbocycles. The van der Waals surface area contributed by atoms with Crippen molar-refractivity contribution in [2.45, 2.75) is 6.92 Å². The number of aromatic nitrogens is 4. The number of nitrogens with two attached hydrogens (primary N) is 1. The van der Waals surface area contributed by atoms with E-state index in [9.17, 15) is 0 Å². The molecular weight excluding hydrogens is 242 g/mol. The minimum absolute atomic E-state index is 0.621. The van der Waals surface area contributed by atoms with Crippen LogP contribution in [0.5, 0.6) is 5.75 Å². The predicted octanol–water partition coefficient (Wildman–Crippen LogP) is 1.69. The zero-order chi connectivity index (χ0) is 13.4. The number of benzene rings is 1. The summed E-state index contributed by atoms with van der Waals surface area (Å²) in [6, 6.07) is 7.31. The van der Waals surface area contributed by atoms with E-state index in [1.807, 2.05) is 25.1 Å². The molecule has 0 saturated carbocycles. The van der Waals surface area contributed by atoms with Gasteiger partial charge >= 0.3 is 0 Å². The van der Waals surface area contributed by atoms with Gasteiger partial charge in [-0.2, -0.15) is 0 Å². The number of hydrogen-bond acceptors (Lipinski definition) is 5. The molecule has 0 aliphatic rings. The number of methoxy groups -OCH3 is 1. The van der Waals surface area contributed by atoms with Gasteiger partial charge in [0, 0.05) is 23.0 Å². The van der Waals surface area contributed by atoms with Crippen molar-refractivity contribution in [3.8, 4) is 17.1 Å². The first kappa shape index (κ1) is 11.5. The van der Waals surface area contributed by atoms with Crippen LogP contribution in [0.3, 0.4) is 0 Å². The molecule has 19 heavy (non-hydrogen) atoms. The Morgan fingerprint density at radius 3 is 2.84 bits per heavy atom. The Morgan fingerprint density at radius 2 is 2.05 bits per heavy atom. The van der Waals surface area contributed by atoms with Gasteiger partial charge in [-0.1, -0.05) is 0 Å². The molecule has 0 atom stereocenters. The lowest BCUT2D eigenvalue weighted by atomic mass is 10.1. The maximum Gasteiger partial charge on any atom is 0.171 e. The normalized spacial score (nSPS) is 10.8. The van der Waals surface area contributed by atoms with Crippen molar-refractivity contribution in [2.75, 3.05) is 12.8 Å². The highest BCUT2D eigenvalue weighted by Crippen LogP contribution is 2.28. The van der Waals surface area contributed by atoms with Gasteiger partial charge in [0.05, 0.1) is 7.11 Å². The third kappa shape index (κ3) is 1.87. The molecule has 3 rings (SSSR count). The van der Waals surface area contributed by atoms with Crippen LogP contribution < -0.4 is 10.5 Å². The Kier molecular flexibility index (Phi) is 2.56. The van der Waals surface area contributed by atoms with Gasteiger partial charge in [0.2, 0.25) is 0 Å². The lowest BCUT2D eigenvalue weighted by Crippen LogP contribution is -1.97. The number of hydrogen-bond donors (Lipinski definition) is 1. The fourth-order valence-electron chi connectivity index (χ4n) is 1.93. The fourth-order valence-corrected chi connectivity index (χ4v) is 1.93. The Labute approximate surface area is 109 Å². The summed E-state index contributed by atoms with van der Waals surface area (Å²) in [6.45, 7) is 1.91. The molecule has 2 aromatic heterocycles. The molecule has 6 heteroatoms. The smallest absolute Gasteiger partial charge is 0.171 e. The molecule has 96 valence electrons. The van der Waals surface area contributed by atoms with Crippen LogP contribution in [0.15, 0.2) is 30.6 Å². The van der Waals surface area contributed by atoms with Gasteiger partial charge in [0.1, 0.15) is 12.1 Å². The van der Waals surface area contributed by atoms with Crippen molar-refractivity contribution < 1.29 is 4.74 Å². The van der Waals surface area contributed by atoms with Crippen LogP contribution in [0.25, 0.3) is 17.0 Å². The Balaban J connectivity index is 2.24. The summed E-state index contributed by atoms with van der Waals surface area (Å²) >= 11 is 0. The quantitative estimate of drug-likeness (QED) is 0.705. The van der Waals surface area contributed by atoms with E-state index in [1.165, 1.54) is 0 Å². The van der Waals surface area contributed by atoms with Crippen LogP contribution in [0.2, 0.25) is 0 Å². The van der Waals surface area contributed by atoms with Crippen LogP contribution in [0, 0.1) is 6.92 Å². The van der Waals surface area contributed by atoms with Crippen LogP contribution >= 0.6 is 0 Å². The van der Waals surface area contributed by atoms with E-state index in [-0.39, 0.29) is 0 Å². The Bertz CT molecular complexity index is 750. The summed E-state index contributed by atoms with van der Waals surface area (Å²) in [5, 5.41) is 8.31. The summed E-state index contributed by atoms with van der Waals surface area (Å²) < 4.78 is 7.01. The van der Waals surface area contributed by atoms with Crippen molar-refractivity contribution in [2.24, 2.45) is 0 Å². The third-order valence-electron chi connectivity index (χ3n) is 2.94. The molecule has 6 nitrogen and oxygen atoms in total. The van der Waals surface area contributed by atoms with E-state index >= 15 is 0 Å². The standard InChI is InChI=1S/C13H13N5O/c1-8-5-12-16-17-13(18(12)7-15-8)10-6-9(19-2)3-4-11(10)14/h3-7H,14H2,1-2H3.